The molecule has 0 radical (unpaired) electrons. The van der Waals surface area contributed by atoms with Gasteiger partial charge in [0.1, 0.15) is 12.1 Å². The average Bonchev–Trinajstić information content (AvgIpc) is 2.41. The molecule has 0 aliphatic heterocycles. The van der Waals surface area contributed by atoms with Gasteiger partial charge in [-0.25, -0.2) is 9.97 Å². The summed E-state index contributed by atoms with van der Waals surface area (Å²) in [4.78, 5) is 10.7. The van der Waals surface area contributed by atoms with Crippen LogP contribution in [0.5, 0.6) is 5.88 Å². The van der Waals surface area contributed by atoms with Crippen LogP contribution in [0.1, 0.15) is 32.3 Å². The number of rotatable bonds is 9. The van der Waals surface area contributed by atoms with Gasteiger partial charge in [-0.3, -0.25) is 0 Å². The van der Waals surface area contributed by atoms with E-state index in [2.05, 4.69) is 48.1 Å². The Morgan fingerprint density at radius 1 is 1.26 bits per heavy atom. The first kappa shape index (κ1) is 15.7. The van der Waals surface area contributed by atoms with Crippen molar-refractivity contribution < 1.29 is 4.74 Å². The van der Waals surface area contributed by atoms with Crippen molar-refractivity contribution in [1.82, 2.24) is 14.9 Å². The highest BCUT2D eigenvalue weighted by Gasteiger charge is 2.10. The summed E-state index contributed by atoms with van der Waals surface area (Å²) in [6.07, 6.45) is 4.51. The lowest BCUT2D eigenvalue weighted by molar-refractivity contribution is 0.270. The van der Waals surface area contributed by atoms with Crippen LogP contribution >= 0.6 is 0 Å². The van der Waals surface area contributed by atoms with Crippen LogP contribution in [0.4, 0.5) is 5.82 Å². The van der Waals surface area contributed by atoms with E-state index in [4.69, 9.17) is 4.74 Å². The topological polar surface area (TPSA) is 50.3 Å². The SMILES string of the molecule is CCCNc1ncnc(OCCCN(C)C)c1CC. The van der Waals surface area contributed by atoms with E-state index in [9.17, 15) is 0 Å². The molecule has 1 aromatic rings. The van der Waals surface area contributed by atoms with Gasteiger partial charge in [0.05, 0.1) is 12.2 Å². The van der Waals surface area contributed by atoms with E-state index in [0.717, 1.165) is 49.6 Å². The van der Waals surface area contributed by atoms with Crippen LogP contribution in [-0.4, -0.2) is 48.7 Å². The minimum atomic E-state index is 0.690. The predicted octanol–water partition coefficient (Wildman–Crippen LogP) is 2.19. The van der Waals surface area contributed by atoms with Gasteiger partial charge in [0.15, 0.2) is 0 Å². The molecule has 0 aliphatic carbocycles. The number of nitrogens with zero attached hydrogens (tertiary/aromatic N) is 3. The second kappa shape index (κ2) is 8.69. The van der Waals surface area contributed by atoms with E-state index in [0.29, 0.717) is 6.61 Å². The molecule has 1 heterocycles. The first-order chi connectivity index (χ1) is 9.19. The van der Waals surface area contributed by atoms with E-state index in [1.54, 1.807) is 6.33 Å². The van der Waals surface area contributed by atoms with Crippen LogP contribution in [0.15, 0.2) is 6.33 Å². The molecule has 1 N–H and O–H groups in total. The Labute approximate surface area is 116 Å². The van der Waals surface area contributed by atoms with Gasteiger partial charge in [-0.05, 0) is 33.4 Å². The van der Waals surface area contributed by atoms with E-state index >= 15 is 0 Å². The third-order valence-electron chi connectivity index (χ3n) is 2.79. The normalized spacial score (nSPS) is 10.8. The molecule has 0 amide bonds. The third-order valence-corrected chi connectivity index (χ3v) is 2.79. The first-order valence-corrected chi connectivity index (χ1v) is 7.04. The molecule has 0 saturated heterocycles. The molecule has 0 fully saturated rings. The van der Waals surface area contributed by atoms with Gasteiger partial charge in [0.2, 0.25) is 5.88 Å². The second-order valence-electron chi connectivity index (χ2n) is 4.79. The number of anilines is 1. The Morgan fingerprint density at radius 2 is 2.05 bits per heavy atom. The summed E-state index contributed by atoms with van der Waals surface area (Å²) in [7, 11) is 4.13. The highest BCUT2D eigenvalue weighted by molar-refractivity contribution is 5.48. The van der Waals surface area contributed by atoms with Crippen LogP contribution < -0.4 is 10.1 Å². The average molecular weight is 266 g/mol. The zero-order chi connectivity index (χ0) is 14.1. The monoisotopic (exact) mass is 266 g/mol. The molecule has 0 aromatic carbocycles. The third kappa shape index (κ3) is 5.42. The maximum absolute atomic E-state index is 5.78. The molecule has 0 spiro atoms. The lowest BCUT2D eigenvalue weighted by Crippen LogP contribution is -2.16. The Kier molecular flexibility index (Phi) is 7.18. The molecule has 108 valence electrons. The van der Waals surface area contributed by atoms with Crippen molar-refractivity contribution >= 4 is 5.82 Å². The van der Waals surface area contributed by atoms with Crippen molar-refractivity contribution in [2.45, 2.75) is 33.1 Å². The molecule has 0 aliphatic rings. The van der Waals surface area contributed by atoms with E-state index in [1.807, 2.05) is 0 Å². The molecule has 0 atom stereocenters. The van der Waals surface area contributed by atoms with Crippen LogP contribution in [0, 0.1) is 0 Å². The van der Waals surface area contributed by atoms with Crippen molar-refractivity contribution in [1.29, 1.82) is 0 Å². The second-order valence-corrected chi connectivity index (χ2v) is 4.79. The maximum atomic E-state index is 5.78. The van der Waals surface area contributed by atoms with E-state index in [-0.39, 0.29) is 0 Å². The van der Waals surface area contributed by atoms with Gasteiger partial charge in [0.25, 0.3) is 0 Å². The minimum absolute atomic E-state index is 0.690. The largest absolute Gasteiger partial charge is 0.477 e. The summed E-state index contributed by atoms with van der Waals surface area (Å²) in [5.74, 6) is 1.62. The highest BCUT2D eigenvalue weighted by Crippen LogP contribution is 2.22. The summed E-state index contributed by atoms with van der Waals surface area (Å²) in [6.45, 7) is 6.87. The fraction of sp³-hybridized carbons (Fsp3) is 0.714. The molecule has 1 rings (SSSR count). The Morgan fingerprint density at radius 3 is 2.68 bits per heavy atom. The van der Waals surface area contributed by atoms with Gasteiger partial charge in [0, 0.05) is 13.1 Å². The quantitative estimate of drug-likeness (QED) is 0.694. The molecule has 19 heavy (non-hydrogen) atoms. The van der Waals surface area contributed by atoms with Gasteiger partial charge < -0.3 is 15.0 Å². The van der Waals surface area contributed by atoms with E-state index < -0.39 is 0 Å². The van der Waals surface area contributed by atoms with Crippen LogP contribution in [-0.2, 0) is 6.42 Å². The van der Waals surface area contributed by atoms with Crippen molar-refractivity contribution in [2.24, 2.45) is 0 Å². The fourth-order valence-electron chi connectivity index (χ4n) is 1.78. The number of nitrogens with one attached hydrogen (secondary N) is 1. The predicted molar refractivity (Wildman–Crippen MR) is 78.9 cm³/mol. The van der Waals surface area contributed by atoms with Gasteiger partial charge in [-0.2, -0.15) is 0 Å². The number of ether oxygens (including phenoxy) is 1. The smallest absolute Gasteiger partial charge is 0.221 e. The van der Waals surface area contributed by atoms with Gasteiger partial charge >= 0.3 is 0 Å². The Bertz CT molecular complexity index is 368. The Balaban J connectivity index is 2.61. The van der Waals surface area contributed by atoms with Gasteiger partial charge in [-0.1, -0.05) is 13.8 Å². The first-order valence-electron chi connectivity index (χ1n) is 7.04. The highest BCUT2D eigenvalue weighted by atomic mass is 16.5. The standard InChI is InChI=1S/C14H26N4O/c1-5-8-15-13-12(6-2)14(17-11-16-13)19-10-7-9-18(3)4/h11H,5-10H2,1-4H3,(H,15,16,17). The van der Waals surface area contributed by atoms with Crippen LogP contribution in [0.25, 0.3) is 0 Å². The van der Waals surface area contributed by atoms with Crippen molar-refractivity contribution in [3.63, 3.8) is 0 Å². The number of hydrogen-bond acceptors (Lipinski definition) is 5. The molecule has 5 nitrogen and oxygen atoms in total. The minimum Gasteiger partial charge on any atom is -0.477 e. The molecule has 0 bridgehead atoms. The number of aromatic nitrogens is 2. The molecular weight excluding hydrogens is 240 g/mol. The molecule has 5 heteroatoms. The molecule has 0 saturated carbocycles. The summed E-state index contributed by atoms with van der Waals surface area (Å²) >= 11 is 0. The lowest BCUT2D eigenvalue weighted by Gasteiger charge is -2.14. The number of hydrogen-bond donors (Lipinski definition) is 1. The van der Waals surface area contributed by atoms with E-state index in [1.165, 1.54) is 0 Å². The van der Waals surface area contributed by atoms with Crippen molar-refractivity contribution in [3.05, 3.63) is 11.9 Å². The summed E-state index contributed by atoms with van der Waals surface area (Å²) in [5.41, 5.74) is 1.07. The maximum Gasteiger partial charge on any atom is 0.221 e. The molecular formula is C14H26N4O. The van der Waals surface area contributed by atoms with Gasteiger partial charge in [-0.15, -0.1) is 0 Å². The fourth-order valence-corrected chi connectivity index (χ4v) is 1.78. The molecule has 1 aromatic heterocycles. The van der Waals surface area contributed by atoms with Crippen molar-refractivity contribution in [2.75, 3.05) is 39.1 Å². The van der Waals surface area contributed by atoms with Crippen LogP contribution in [0.3, 0.4) is 0 Å². The zero-order valence-corrected chi connectivity index (χ0v) is 12.6. The summed E-state index contributed by atoms with van der Waals surface area (Å²) in [6, 6.07) is 0. The van der Waals surface area contributed by atoms with Crippen LogP contribution in [0.2, 0.25) is 0 Å². The summed E-state index contributed by atoms with van der Waals surface area (Å²) in [5, 5.41) is 3.32. The lowest BCUT2D eigenvalue weighted by atomic mass is 10.2. The zero-order valence-electron chi connectivity index (χ0n) is 12.6. The summed E-state index contributed by atoms with van der Waals surface area (Å²) < 4.78 is 5.78. The molecule has 0 unspecified atom stereocenters. The Hall–Kier alpha value is -1.36. The van der Waals surface area contributed by atoms with Crippen molar-refractivity contribution in [3.8, 4) is 5.88 Å².